The van der Waals surface area contributed by atoms with Crippen LogP contribution in [0, 0.1) is 0 Å². The molecule has 5 heteroatoms. The van der Waals surface area contributed by atoms with Gasteiger partial charge in [0.1, 0.15) is 5.69 Å². The molecule has 1 heterocycles. The number of hydrogen-bond acceptors (Lipinski definition) is 3. The zero-order chi connectivity index (χ0) is 16.1. The number of nitrogens with one attached hydrogen (secondary N) is 1. The standard InChI is InChI=1S/C17H21N3O2/c1-13(21)14-11-16(20(3)12-14)17(22)18-9-10-19(2)15-7-5-4-6-8-15/h4-8,11-12H,9-10H2,1-3H3,(H,18,22). The van der Waals surface area contributed by atoms with E-state index in [0.29, 0.717) is 24.3 Å². The Kier molecular flexibility index (Phi) is 4.99. The van der Waals surface area contributed by atoms with Crippen molar-refractivity contribution in [1.82, 2.24) is 9.88 Å². The van der Waals surface area contributed by atoms with Crippen LogP contribution < -0.4 is 10.2 Å². The second-order valence-electron chi connectivity index (χ2n) is 5.29. The molecule has 0 aliphatic rings. The number of ketones is 1. The molecule has 5 nitrogen and oxygen atoms in total. The third kappa shape index (κ3) is 3.75. The monoisotopic (exact) mass is 299 g/mol. The third-order valence-corrected chi connectivity index (χ3v) is 3.57. The number of nitrogens with zero attached hydrogens (tertiary/aromatic N) is 2. The molecule has 0 atom stereocenters. The van der Waals surface area contributed by atoms with Gasteiger partial charge >= 0.3 is 0 Å². The van der Waals surface area contributed by atoms with Gasteiger partial charge in [-0.1, -0.05) is 18.2 Å². The van der Waals surface area contributed by atoms with Crippen molar-refractivity contribution in [2.45, 2.75) is 6.92 Å². The summed E-state index contributed by atoms with van der Waals surface area (Å²) < 4.78 is 1.67. The Bertz CT molecular complexity index is 662. The normalized spacial score (nSPS) is 10.3. The smallest absolute Gasteiger partial charge is 0.267 e. The quantitative estimate of drug-likeness (QED) is 0.831. The number of amides is 1. The number of carbonyl (C=O) groups excluding carboxylic acids is 2. The minimum Gasteiger partial charge on any atom is -0.373 e. The number of Topliss-reactive ketones (excluding diaryl/α,β-unsaturated/α-hetero) is 1. The zero-order valence-electron chi connectivity index (χ0n) is 13.2. The Morgan fingerprint density at radius 3 is 2.50 bits per heavy atom. The van der Waals surface area contributed by atoms with Crippen LogP contribution in [-0.4, -0.2) is 36.4 Å². The Balaban J connectivity index is 1.89. The molecular weight excluding hydrogens is 278 g/mol. The van der Waals surface area contributed by atoms with Crippen LogP contribution in [0.5, 0.6) is 0 Å². The number of para-hydroxylation sites is 1. The molecule has 1 aromatic heterocycles. The average Bonchev–Trinajstić information content (AvgIpc) is 2.90. The molecule has 0 aliphatic heterocycles. The molecule has 1 amide bonds. The second-order valence-corrected chi connectivity index (χ2v) is 5.29. The molecule has 0 fully saturated rings. The lowest BCUT2D eigenvalue weighted by Gasteiger charge is -2.19. The molecule has 116 valence electrons. The number of carbonyl (C=O) groups is 2. The van der Waals surface area contributed by atoms with E-state index in [4.69, 9.17) is 0 Å². The maximum atomic E-state index is 12.2. The lowest BCUT2D eigenvalue weighted by Crippen LogP contribution is -2.33. The van der Waals surface area contributed by atoms with Crippen molar-refractivity contribution >= 4 is 17.4 Å². The predicted molar refractivity (Wildman–Crippen MR) is 87.5 cm³/mol. The molecule has 0 spiro atoms. The fourth-order valence-electron chi connectivity index (χ4n) is 2.22. The van der Waals surface area contributed by atoms with Gasteiger partial charge in [-0.3, -0.25) is 9.59 Å². The Morgan fingerprint density at radius 1 is 1.23 bits per heavy atom. The topological polar surface area (TPSA) is 54.3 Å². The van der Waals surface area contributed by atoms with Gasteiger partial charge in [0.05, 0.1) is 0 Å². The number of likely N-dealkylation sites (N-methyl/N-ethyl adjacent to an activating group) is 1. The summed E-state index contributed by atoms with van der Waals surface area (Å²) in [6.07, 6.45) is 1.67. The van der Waals surface area contributed by atoms with Crippen LogP contribution in [0.1, 0.15) is 27.8 Å². The molecule has 0 aliphatic carbocycles. The van der Waals surface area contributed by atoms with Crippen LogP contribution in [0.3, 0.4) is 0 Å². The Hall–Kier alpha value is -2.56. The van der Waals surface area contributed by atoms with Crippen LogP contribution in [-0.2, 0) is 7.05 Å². The van der Waals surface area contributed by atoms with Crippen molar-refractivity contribution in [1.29, 1.82) is 0 Å². The molecule has 0 saturated carbocycles. The molecule has 0 saturated heterocycles. The molecule has 0 unspecified atom stereocenters. The summed E-state index contributed by atoms with van der Waals surface area (Å²) >= 11 is 0. The van der Waals surface area contributed by atoms with Gasteiger partial charge in [0.15, 0.2) is 5.78 Å². The van der Waals surface area contributed by atoms with Gasteiger partial charge in [-0.05, 0) is 25.1 Å². The summed E-state index contributed by atoms with van der Waals surface area (Å²) in [7, 11) is 3.75. The van der Waals surface area contributed by atoms with Crippen molar-refractivity contribution in [3.63, 3.8) is 0 Å². The van der Waals surface area contributed by atoms with E-state index < -0.39 is 0 Å². The van der Waals surface area contributed by atoms with Crippen LogP contribution >= 0.6 is 0 Å². The van der Waals surface area contributed by atoms with Gasteiger partial charge in [-0.15, -0.1) is 0 Å². The summed E-state index contributed by atoms with van der Waals surface area (Å²) in [5.74, 6) is -0.213. The second kappa shape index (κ2) is 6.93. The lowest BCUT2D eigenvalue weighted by molar-refractivity contribution is 0.0946. The first-order valence-corrected chi connectivity index (χ1v) is 7.20. The number of rotatable bonds is 6. The van der Waals surface area contributed by atoms with Crippen molar-refractivity contribution in [2.24, 2.45) is 7.05 Å². The maximum absolute atomic E-state index is 12.2. The number of aryl methyl sites for hydroxylation is 1. The summed E-state index contributed by atoms with van der Waals surface area (Å²) in [5, 5.41) is 2.88. The van der Waals surface area contributed by atoms with E-state index in [2.05, 4.69) is 10.2 Å². The van der Waals surface area contributed by atoms with Crippen LogP contribution in [0.25, 0.3) is 0 Å². The molecule has 1 N–H and O–H groups in total. The van der Waals surface area contributed by atoms with Gasteiger partial charge in [-0.25, -0.2) is 0 Å². The largest absolute Gasteiger partial charge is 0.373 e. The first kappa shape index (κ1) is 15.8. The van der Waals surface area contributed by atoms with Crippen molar-refractivity contribution in [3.8, 4) is 0 Å². The van der Waals surface area contributed by atoms with Gasteiger partial charge < -0.3 is 14.8 Å². The van der Waals surface area contributed by atoms with Crippen LogP contribution in [0.4, 0.5) is 5.69 Å². The predicted octanol–water partition coefficient (Wildman–Crippen LogP) is 2.09. The van der Waals surface area contributed by atoms with E-state index in [9.17, 15) is 9.59 Å². The van der Waals surface area contributed by atoms with E-state index in [1.54, 1.807) is 23.9 Å². The molecular formula is C17H21N3O2. The highest BCUT2D eigenvalue weighted by Gasteiger charge is 2.13. The fraction of sp³-hybridized carbons (Fsp3) is 0.294. The molecule has 0 bridgehead atoms. The van der Waals surface area contributed by atoms with Crippen molar-refractivity contribution in [2.75, 3.05) is 25.0 Å². The molecule has 2 rings (SSSR count). The minimum atomic E-state index is -0.170. The van der Waals surface area contributed by atoms with Gasteiger partial charge in [0.25, 0.3) is 5.91 Å². The lowest BCUT2D eigenvalue weighted by atomic mass is 10.2. The van der Waals surface area contributed by atoms with Crippen LogP contribution in [0.15, 0.2) is 42.6 Å². The number of aromatic nitrogens is 1. The van der Waals surface area contributed by atoms with E-state index in [0.717, 1.165) is 5.69 Å². The van der Waals surface area contributed by atoms with E-state index in [1.165, 1.54) is 6.92 Å². The molecule has 2 aromatic rings. The van der Waals surface area contributed by atoms with Gasteiger partial charge in [0.2, 0.25) is 0 Å². The first-order valence-electron chi connectivity index (χ1n) is 7.20. The number of benzene rings is 1. The molecule has 22 heavy (non-hydrogen) atoms. The number of hydrogen-bond donors (Lipinski definition) is 1. The van der Waals surface area contributed by atoms with Gasteiger partial charge in [0, 0.05) is 44.6 Å². The number of anilines is 1. The highest BCUT2D eigenvalue weighted by atomic mass is 16.2. The minimum absolute atomic E-state index is 0.0431. The summed E-state index contributed by atoms with van der Waals surface area (Å²) in [6, 6.07) is 11.6. The molecule has 1 aromatic carbocycles. The molecule has 0 radical (unpaired) electrons. The SMILES string of the molecule is CC(=O)c1cc(C(=O)NCCN(C)c2ccccc2)n(C)c1. The fourth-order valence-corrected chi connectivity index (χ4v) is 2.22. The van der Waals surface area contributed by atoms with Crippen molar-refractivity contribution < 1.29 is 9.59 Å². The highest BCUT2D eigenvalue weighted by molar-refractivity contribution is 5.99. The Labute approximate surface area is 130 Å². The van der Waals surface area contributed by atoms with Gasteiger partial charge in [-0.2, -0.15) is 0 Å². The Morgan fingerprint density at radius 2 is 1.91 bits per heavy atom. The first-order chi connectivity index (χ1) is 10.5. The van der Waals surface area contributed by atoms with E-state index in [-0.39, 0.29) is 11.7 Å². The van der Waals surface area contributed by atoms with E-state index >= 15 is 0 Å². The summed E-state index contributed by atoms with van der Waals surface area (Å²) in [4.78, 5) is 25.6. The third-order valence-electron chi connectivity index (χ3n) is 3.57. The van der Waals surface area contributed by atoms with Crippen molar-refractivity contribution in [3.05, 3.63) is 53.9 Å². The van der Waals surface area contributed by atoms with Crippen LogP contribution in [0.2, 0.25) is 0 Å². The highest BCUT2D eigenvalue weighted by Crippen LogP contribution is 2.10. The average molecular weight is 299 g/mol. The van der Waals surface area contributed by atoms with E-state index in [1.807, 2.05) is 37.4 Å². The summed E-state index contributed by atoms with van der Waals surface area (Å²) in [6.45, 7) is 2.73. The summed E-state index contributed by atoms with van der Waals surface area (Å²) in [5.41, 5.74) is 2.15. The maximum Gasteiger partial charge on any atom is 0.267 e. The zero-order valence-corrected chi connectivity index (χ0v) is 13.2.